The lowest BCUT2D eigenvalue weighted by Gasteiger charge is -2.22. The first-order valence-corrected chi connectivity index (χ1v) is 7.40. The van der Waals surface area contributed by atoms with Crippen LogP contribution >= 0.6 is 11.8 Å². The van der Waals surface area contributed by atoms with Gasteiger partial charge in [0.2, 0.25) is 0 Å². The molecule has 0 amide bonds. The Morgan fingerprint density at radius 3 is 2.15 bits per heavy atom. The average Bonchev–Trinajstić information content (AvgIpc) is 2.56. The van der Waals surface area contributed by atoms with Crippen LogP contribution in [0.4, 0.5) is 0 Å². The molecule has 1 atom stereocenters. The van der Waals surface area contributed by atoms with Crippen LogP contribution in [0.2, 0.25) is 0 Å². The van der Waals surface area contributed by atoms with E-state index in [1.54, 1.807) is 11.8 Å². The molecule has 0 fully saturated rings. The van der Waals surface area contributed by atoms with E-state index in [1.165, 1.54) is 10.5 Å². The predicted octanol–water partition coefficient (Wildman–Crippen LogP) is 4.64. The lowest BCUT2D eigenvalue weighted by Crippen LogP contribution is -2.03. The van der Waals surface area contributed by atoms with Crippen LogP contribution in [0.1, 0.15) is 16.4 Å². The number of allylic oxidation sites excluding steroid dienone is 2. The second-order valence-electron chi connectivity index (χ2n) is 4.59. The largest absolute Gasteiger partial charge is 0.298 e. The predicted molar refractivity (Wildman–Crippen MR) is 85.3 cm³/mol. The second-order valence-corrected chi connectivity index (χ2v) is 5.74. The highest BCUT2D eigenvalue weighted by molar-refractivity contribution is 8.08. The average molecular weight is 278 g/mol. The lowest BCUT2D eigenvalue weighted by atomic mass is 10.0. The van der Waals surface area contributed by atoms with E-state index in [0.29, 0.717) is 0 Å². The van der Waals surface area contributed by atoms with Gasteiger partial charge < -0.3 is 0 Å². The maximum Gasteiger partial charge on any atom is 0.147 e. The number of hydrogen-bond acceptors (Lipinski definition) is 2. The van der Waals surface area contributed by atoms with Crippen molar-refractivity contribution in [1.82, 2.24) is 0 Å². The van der Waals surface area contributed by atoms with E-state index < -0.39 is 0 Å². The minimum atomic E-state index is 0.0777. The number of hydrogen-bond donors (Lipinski definition) is 0. The molecule has 3 rings (SSSR count). The van der Waals surface area contributed by atoms with Crippen LogP contribution in [0, 0.1) is 0 Å². The summed E-state index contributed by atoms with van der Waals surface area (Å²) in [4.78, 5) is 12.5. The van der Waals surface area contributed by atoms with Crippen LogP contribution in [0.15, 0.2) is 78.4 Å². The summed E-state index contributed by atoms with van der Waals surface area (Å²) in [5, 5.41) is 0.0777. The van der Waals surface area contributed by atoms with Gasteiger partial charge in [-0.1, -0.05) is 66.7 Å². The number of thioether (sulfide) groups is 1. The molecule has 2 aromatic carbocycles. The first-order chi connectivity index (χ1) is 9.88. The second kappa shape index (κ2) is 5.93. The van der Waals surface area contributed by atoms with Gasteiger partial charge in [-0.25, -0.2) is 0 Å². The molecule has 0 saturated carbocycles. The molecule has 0 aromatic heterocycles. The Bertz CT molecular complexity index is 656. The van der Waals surface area contributed by atoms with Gasteiger partial charge in [0.25, 0.3) is 0 Å². The van der Waals surface area contributed by atoms with Gasteiger partial charge in [0, 0.05) is 10.5 Å². The number of benzene rings is 2. The number of aldehydes is 1. The van der Waals surface area contributed by atoms with E-state index in [2.05, 4.69) is 24.3 Å². The Kier molecular flexibility index (Phi) is 3.84. The summed E-state index contributed by atoms with van der Waals surface area (Å²) in [7, 11) is 0. The van der Waals surface area contributed by atoms with Crippen molar-refractivity contribution in [3.63, 3.8) is 0 Å². The van der Waals surface area contributed by atoms with Gasteiger partial charge >= 0.3 is 0 Å². The molecule has 0 bridgehead atoms. The summed E-state index contributed by atoms with van der Waals surface area (Å²) in [6.45, 7) is 0. The first kappa shape index (κ1) is 12.9. The van der Waals surface area contributed by atoms with Gasteiger partial charge in [0.05, 0.1) is 5.25 Å². The third-order valence-corrected chi connectivity index (χ3v) is 4.68. The van der Waals surface area contributed by atoms with Gasteiger partial charge in [-0.05, 0) is 17.2 Å². The summed E-state index contributed by atoms with van der Waals surface area (Å²) in [5.74, 6) is 0. The van der Waals surface area contributed by atoms with Crippen molar-refractivity contribution >= 4 is 23.0 Å². The minimum absolute atomic E-state index is 0.0777. The van der Waals surface area contributed by atoms with Crippen molar-refractivity contribution in [1.29, 1.82) is 0 Å². The van der Waals surface area contributed by atoms with E-state index in [-0.39, 0.29) is 5.25 Å². The third-order valence-electron chi connectivity index (χ3n) is 3.27. The molecule has 0 saturated heterocycles. The monoisotopic (exact) mass is 278 g/mol. The fourth-order valence-corrected chi connectivity index (χ4v) is 3.49. The Labute approximate surface area is 123 Å². The van der Waals surface area contributed by atoms with Crippen molar-refractivity contribution < 1.29 is 4.79 Å². The smallest absolute Gasteiger partial charge is 0.147 e. The van der Waals surface area contributed by atoms with Crippen LogP contribution in [0.3, 0.4) is 0 Å². The first-order valence-electron chi connectivity index (χ1n) is 6.52. The minimum Gasteiger partial charge on any atom is -0.298 e. The molecule has 1 unspecified atom stereocenters. The van der Waals surface area contributed by atoms with Crippen LogP contribution in [-0.2, 0) is 4.79 Å². The number of rotatable bonds is 3. The SMILES string of the molecule is O=CC1=CC=C(c2ccccc2)SC1c1ccccc1. The van der Waals surface area contributed by atoms with E-state index in [1.807, 2.05) is 48.6 Å². The molecule has 1 nitrogen and oxygen atoms in total. The van der Waals surface area contributed by atoms with Gasteiger partial charge in [0.1, 0.15) is 6.29 Å². The van der Waals surface area contributed by atoms with Gasteiger partial charge in [-0.2, -0.15) is 0 Å². The highest BCUT2D eigenvalue weighted by Gasteiger charge is 2.22. The molecule has 1 heterocycles. The maximum atomic E-state index is 11.3. The van der Waals surface area contributed by atoms with Gasteiger partial charge in [0.15, 0.2) is 0 Å². The molecule has 1 aliphatic rings. The van der Waals surface area contributed by atoms with E-state index in [9.17, 15) is 4.79 Å². The van der Waals surface area contributed by atoms with E-state index in [0.717, 1.165) is 17.4 Å². The van der Waals surface area contributed by atoms with Crippen LogP contribution in [-0.4, -0.2) is 6.29 Å². The molecular weight excluding hydrogens is 264 g/mol. The summed E-state index contributed by atoms with van der Waals surface area (Å²) in [6.07, 6.45) is 4.93. The van der Waals surface area contributed by atoms with Crippen LogP contribution in [0.25, 0.3) is 4.91 Å². The van der Waals surface area contributed by atoms with Crippen molar-refractivity contribution in [2.45, 2.75) is 5.25 Å². The summed E-state index contributed by atoms with van der Waals surface area (Å²) in [5.41, 5.74) is 3.18. The Morgan fingerprint density at radius 2 is 1.50 bits per heavy atom. The zero-order valence-electron chi connectivity index (χ0n) is 10.9. The summed E-state index contributed by atoms with van der Waals surface area (Å²) >= 11 is 1.73. The lowest BCUT2D eigenvalue weighted by molar-refractivity contribution is -0.105. The molecule has 0 spiro atoms. The molecule has 98 valence electrons. The van der Waals surface area contributed by atoms with Crippen LogP contribution in [0.5, 0.6) is 0 Å². The number of carbonyl (C=O) groups is 1. The summed E-state index contributed by atoms with van der Waals surface area (Å²) in [6, 6.07) is 20.4. The van der Waals surface area contributed by atoms with Crippen molar-refractivity contribution in [3.05, 3.63) is 89.5 Å². The van der Waals surface area contributed by atoms with Crippen LogP contribution < -0.4 is 0 Å². The molecule has 1 aliphatic heterocycles. The normalized spacial score (nSPS) is 18.1. The number of carbonyl (C=O) groups excluding carboxylic acids is 1. The molecule has 0 radical (unpaired) electrons. The fourth-order valence-electron chi connectivity index (χ4n) is 2.25. The zero-order valence-corrected chi connectivity index (χ0v) is 11.7. The quantitative estimate of drug-likeness (QED) is 0.761. The third kappa shape index (κ3) is 2.61. The standard InChI is InChI=1S/C18H14OS/c19-13-16-11-12-17(14-7-3-1-4-8-14)20-18(16)15-9-5-2-6-10-15/h1-13,18H. The molecule has 2 heteroatoms. The van der Waals surface area contributed by atoms with Crippen molar-refractivity contribution in [2.24, 2.45) is 0 Å². The summed E-state index contributed by atoms with van der Waals surface area (Å²) < 4.78 is 0. The molecule has 0 aliphatic carbocycles. The molecule has 2 aromatic rings. The maximum absolute atomic E-state index is 11.3. The van der Waals surface area contributed by atoms with Gasteiger partial charge in [-0.15, -0.1) is 11.8 Å². The Balaban J connectivity index is 1.97. The Morgan fingerprint density at radius 1 is 0.850 bits per heavy atom. The molecule has 0 N–H and O–H groups in total. The molecule has 20 heavy (non-hydrogen) atoms. The molecular formula is C18H14OS. The van der Waals surface area contributed by atoms with Gasteiger partial charge in [-0.3, -0.25) is 4.79 Å². The van der Waals surface area contributed by atoms with E-state index >= 15 is 0 Å². The topological polar surface area (TPSA) is 17.1 Å². The van der Waals surface area contributed by atoms with Crippen molar-refractivity contribution in [2.75, 3.05) is 0 Å². The van der Waals surface area contributed by atoms with Crippen molar-refractivity contribution in [3.8, 4) is 0 Å². The highest BCUT2D eigenvalue weighted by Crippen LogP contribution is 2.46. The fraction of sp³-hybridized carbons (Fsp3) is 0.0556. The zero-order chi connectivity index (χ0) is 13.8. The van der Waals surface area contributed by atoms with E-state index in [4.69, 9.17) is 0 Å². The highest BCUT2D eigenvalue weighted by atomic mass is 32.2. The Hall–Kier alpha value is -2.06.